The zero-order valence-electron chi connectivity index (χ0n) is 16.2. The highest BCUT2D eigenvalue weighted by atomic mass is 16.5. The summed E-state index contributed by atoms with van der Waals surface area (Å²) in [5.41, 5.74) is -0.496. The molecule has 0 spiro atoms. The minimum absolute atomic E-state index is 0.101. The third kappa shape index (κ3) is 7.59. The molecule has 4 nitrogen and oxygen atoms in total. The maximum absolute atomic E-state index is 12.3. The van der Waals surface area contributed by atoms with Gasteiger partial charge in [-0.05, 0) is 68.2 Å². The predicted molar refractivity (Wildman–Crippen MR) is 92.1 cm³/mol. The lowest BCUT2D eigenvalue weighted by atomic mass is 9.88. The molecule has 4 heteroatoms. The summed E-state index contributed by atoms with van der Waals surface area (Å²) in [6.45, 7) is 19.5. The Morgan fingerprint density at radius 3 is 1.41 bits per heavy atom. The average Bonchev–Trinajstić information content (AvgIpc) is 2.24. The fourth-order valence-corrected chi connectivity index (χ4v) is 2.98. The molecule has 0 fully saturated rings. The Morgan fingerprint density at radius 1 is 0.864 bits per heavy atom. The Hall–Kier alpha value is -0.610. The van der Waals surface area contributed by atoms with Crippen LogP contribution in [0.3, 0.4) is 0 Å². The smallest absolute Gasteiger partial charge is 0.220 e. The van der Waals surface area contributed by atoms with E-state index in [-0.39, 0.29) is 29.2 Å². The highest BCUT2D eigenvalue weighted by Crippen LogP contribution is 2.31. The monoisotopic (exact) mass is 315 g/mol. The van der Waals surface area contributed by atoms with E-state index < -0.39 is 0 Å². The first-order chi connectivity index (χ1) is 9.90. The summed E-state index contributed by atoms with van der Waals surface area (Å²) in [6.07, 6.45) is 2.07. The Bertz CT molecular complexity index is 309. The van der Waals surface area contributed by atoms with Gasteiger partial charge < -0.3 is 14.4 Å². The maximum atomic E-state index is 12.3. The number of carbonyl (C=O) groups is 1. The molecule has 0 aromatic carbocycles. The highest BCUT2D eigenvalue weighted by molar-refractivity contribution is 5.75. The lowest BCUT2D eigenvalue weighted by Crippen LogP contribution is -2.58. The summed E-state index contributed by atoms with van der Waals surface area (Å²) < 4.78 is 11.3. The fourth-order valence-electron chi connectivity index (χ4n) is 2.98. The molecule has 0 saturated heterocycles. The predicted octanol–water partition coefficient (Wildman–Crippen LogP) is 4.02. The van der Waals surface area contributed by atoms with Crippen LogP contribution in [0.2, 0.25) is 0 Å². The van der Waals surface area contributed by atoms with Crippen molar-refractivity contribution in [1.29, 1.82) is 0 Å². The molecular formula is C18H37NO3. The van der Waals surface area contributed by atoms with Crippen molar-refractivity contribution in [3.8, 4) is 0 Å². The topological polar surface area (TPSA) is 38.8 Å². The summed E-state index contributed by atoms with van der Waals surface area (Å²) in [7, 11) is 0. The molecule has 1 amide bonds. The molecule has 0 rings (SSSR count). The molecule has 0 aliphatic carbocycles. The van der Waals surface area contributed by atoms with E-state index in [0.29, 0.717) is 13.2 Å². The van der Waals surface area contributed by atoms with Crippen molar-refractivity contribution in [2.45, 2.75) is 98.4 Å². The van der Waals surface area contributed by atoms with Crippen LogP contribution < -0.4 is 0 Å². The van der Waals surface area contributed by atoms with Crippen LogP contribution in [0.4, 0.5) is 0 Å². The Balaban J connectivity index is 4.89. The zero-order valence-corrected chi connectivity index (χ0v) is 16.2. The molecule has 0 aliphatic rings. The van der Waals surface area contributed by atoms with Gasteiger partial charge in [-0.25, -0.2) is 0 Å². The first-order valence-corrected chi connectivity index (χ1v) is 8.44. The molecule has 0 aromatic heterocycles. The van der Waals surface area contributed by atoms with Crippen LogP contribution in [0, 0.1) is 0 Å². The number of carbonyl (C=O) groups excluding carboxylic acids is 1. The molecule has 0 atom stereocenters. The van der Waals surface area contributed by atoms with Gasteiger partial charge in [0.1, 0.15) is 0 Å². The van der Waals surface area contributed by atoms with Crippen molar-refractivity contribution in [2.24, 2.45) is 0 Å². The van der Waals surface area contributed by atoms with Crippen LogP contribution in [-0.2, 0) is 14.3 Å². The standard InChI is InChI=1S/C18H37NO3/c1-14(2)21-12-10-17(6,7)19(16(5)20)18(8,9)11-13-22-15(3)4/h14-15H,10-13H2,1-9H3. The Labute approximate surface area is 137 Å². The molecule has 132 valence electrons. The Morgan fingerprint density at radius 2 is 1.18 bits per heavy atom. The van der Waals surface area contributed by atoms with Crippen molar-refractivity contribution in [3.05, 3.63) is 0 Å². The zero-order chi connectivity index (χ0) is 17.6. The van der Waals surface area contributed by atoms with Crippen LogP contribution in [-0.4, -0.2) is 47.3 Å². The van der Waals surface area contributed by atoms with E-state index in [1.54, 1.807) is 6.92 Å². The normalized spacial score (nSPS) is 13.0. The van der Waals surface area contributed by atoms with Crippen LogP contribution in [0.25, 0.3) is 0 Å². The fraction of sp³-hybridized carbons (Fsp3) is 0.944. The summed E-state index contributed by atoms with van der Waals surface area (Å²) in [4.78, 5) is 14.3. The molecule has 0 heterocycles. The molecule has 0 unspecified atom stereocenters. The molecule has 0 aromatic rings. The van der Waals surface area contributed by atoms with Crippen molar-refractivity contribution in [3.63, 3.8) is 0 Å². The van der Waals surface area contributed by atoms with Gasteiger partial charge in [0.05, 0.1) is 12.2 Å². The Kier molecular flexibility index (Phi) is 8.63. The van der Waals surface area contributed by atoms with Gasteiger partial charge in [0.15, 0.2) is 0 Å². The average molecular weight is 315 g/mol. The molecule has 0 saturated carbocycles. The number of rotatable bonds is 10. The summed E-state index contributed by atoms with van der Waals surface area (Å²) >= 11 is 0. The van der Waals surface area contributed by atoms with E-state index in [9.17, 15) is 4.79 Å². The summed E-state index contributed by atoms with van der Waals surface area (Å²) in [6, 6.07) is 0. The van der Waals surface area contributed by atoms with Gasteiger partial charge >= 0.3 is 0 Å². The van der Waals surface area contributed by atoms with Gasteiger partial charge in [0, 0.05) is 31.2 Å². The first kappa shape index (κ1) is 21.4. The van der Waals surface area contributed by atoms with E-state index in [1.165, 1.54) is 0 Å². The molecule has 0 aliphatic heterocycles. The number of hydrogen-bond acceptors (Lipinski definition) is 3. The first-order valence-electron chi connectivity index (χ1n) is 8.44. The number of ether oxygens (including phenoxy) is 2. The number of hydrogen-bond donors (Lipinski definition) is 0. The number of amides is 1. The van der Waals surface area contributed by atoms with E-state index in [4.69, 9.17) is 9.47 Å². The molecule has 0 radical (unpaired) electrons. The van der Waals surface area contributed by atoms with Crippen LogP contribution in [0.15, 0.2) is 0 Å². The minimum atomic E-state index is -0.248. The van der Waals surface area contributed by atoms with E-state index in [0.717, 1.165) is 12.8 Å². The van der Waals surface area contributed by atoms with E-state index in [2.05, 4.69) is 27.7 Å². The second-order valence-electron chi connectivity index (χ2n) is 7.82. The molecule has 0 N–H and O–H groups in total. The second-order valence-corrected chi connectivity index (χ2v) is 7.82. The van der Waals surface area contributed by atoms with Gasteiger partial charge in [0.25, 0.3) is 0 Å². The lowest BCUT2D eigenvalue weighted by molar-refractivity contribution is -0.144. The number of nitrogens with zero attached hydrogens (tertiary/aromatic N) is 1. The molecular weight excluding hydrogens is 278 g/mol. The van der Waals surface area contributed by atoms with E-state index >= 15 is 0 Å². The van der Waals surface area contributed by atoms with Crippen LogP contribution in [0.1, 0.15) is 75.2 Å². The van der Waals surface area contributed by atoms with Crippen molar-refractivity contribution >= 4 is 5.91 Å². The molecule has 0 bridgehead atoms. The van der Waals surface area contributed by atoms with E-state index in [1.807, 2.05) is 32.6 Å². The van der Waals surface area contributed by atoms with Gasteiger partial charge in [-0.3, -0.25) is 4.79 Å². The second kappa shape index (κ2) is 8.88. The largest absolute Gasteiger partial charge is 0.379 e. The third-order valence-electron chi connectivity index (χ3n) is 3.86. The van der Waals surface area contributed by atoms with Crippen molar-refractivity contribution in [2.75, 3.05) is 13.2 Å². The van der Waals surface area contributed by atoms with Crippen LogP contribution >= 0.6 is 0 Å². The summed E-state index contributed by atoms with van der Waals surface area (Å²) in [5, 5.41) is 0. The van der Waals surface area contributed by atoms with Crippen LogP contribution in [0.5, 0.6) is 0 Å². The van der Waals surface area contributed by atoms with Gasteiger partial charge in [-0.15, -0.1) is 0 Å². The van der Waals surface area contributed by atoms with Gasteiger partial charge in [0.2, 0.25) is 5.91 Å². The SMILES string of the molecule is CC(=O)N(C(C)(C)CCOC(C)C)C(C)(C)CCOC(C)C. The van der Waals surface area contributed by atoms with Gasteiger partial charge in [-0.1, -0.05) is 0 Å². The van der Waals surface area contributed by atoms with Gasteiger partial charge in [-0.2, -0.15) is 0 Å². The minimum Gasteiger partial charge on any atom is -0.379 e. The quantitative estimate of drug-likeness (QED) is 0.611. The molecule has 22 heavy (non-hydrogen) atoms. The van der Waals surface area contributed by atoms with Crippen molar-refractivity contribution < 1.29 is 14.3 Å². The van der Waals surface area contributed by atoms with Crippen molar-refractivity contribution in [1.82, 2.24) is 4.90 Å². The third-order valence-corrected chi connectivity index (χ3v) is 3.86. The summed E-state index contributed by atoms with van der Waals surface area (Å²) in [5.74, 6) is 0.101. The maximum Gasteiger partial charge on any atom is 0.220 e. The highest BCUT2D eigenvalue weighted by Gasteiger charge is 2.39. The lowest BCUT2D eigenvalue weighted by Gasteiger charge is -2.48.